The number of benzene rings is 1. The van der Waals surface area contributed by atoms with Crippen LogP contribution in [0.1, 0.15) is 11.3 Å². The second-order valence-corrected chi connectivity index (χ2v) is 6.53. The first-order valence-corrected chi connectivity index (χ1v) is 8.95. The highest BCUT2D eigenvalue weighted by Gasteiger charge is 2.17. The Morgan fingerprint density at radius 1 is 1.12 bits per heavy atom. The van der Waals surface area contributed by atoms with Crippen LogP contribution in [0.15, 0.2) is 60.9 Å². The van der Waals surface area contributed by atoms with Crippen molar-refractivity contribution >= 4 is 5.82 Å². The lowest BCUT2D eigenvalue weighted by atomic mass is 10.1. The number of rotatable bonds is 7. The summed E-state index contributed by atoms with van der Waals surface area (Å²) in [5, 5.41) is 11.3. The van der Waals surface area contributed by atoms with E-state index in [1.165, 1.54) is 5.56 Å². The Balaban J connectivity index is 1.21. The zero-order valence-corrected chi connectivity index (χ0v) is 14.6. The van der Waals surface area contributed by atoms with Gasteiger partial charge < -0.3 is 15.4 Å². The largest absolute Gasteiger partial charge is 0.487 e. The molecule has 0 saturated carbocycles. The molecule has 134 valence electrons. The van der Waals surface area contributed by atoms with Crippen molar-refractivity contribution in [3.05, 3.63) is 72.2 Å². The van der Waals surface area contributed by atoms with Gasteiger partial charge in [-0.05, 0) is 29.8 Å². The molecule has 0 amide bonds. The van der Waals surface area contributed by atoms with Gasteiger partial charge in [0, 0.05) is 44.4 Å². The van der Waals surface area contributed by atoms with Gasteiger partial charge in [-0.3, -0.25) is 4.98 Å². The first-order chi connectivity index (χ1) is 12.9. The average molecular weight is 349 g/mol. The third-order valence-corrected chi connectivity index (χ3v) is 4.52. The molecule has 1 atom stereocenters. The van der Waals surface area contributed by atoms with Crippen LogP contribution in [0, 0.1) is 5.92 Å². The summed E-state index contributed by atoms with van der Waals surface area (Å²) in [4.78, 5) is 4.26. The maximum absolute atomic E-state index is 5.77. The van der Waals surface area contributed by atoms with Crippen molar-refractivity contribution in [2.24, 2.45) is 5.92 Å². The molecule has 1 aromatic carbocycles. The number of pyridine rings is 1. The van der Waals surface area contributed by atoms with Crippen LogP contribution in [-0.2, 0) is 19.7 Å². The van der Waals surface area contributed by atoms with Gasteiger partial charge in [-0.15, -0.1) is 0 Å². The molecule has 0 saturated heterocycles. The van der Waals surface area contributed by atoms with Crippen LogP contribution in [0.5, 0.6) is 5.75 Å². The van der Waals surface area contributed by atoms with E-state index in [9.17, 15) is 0 Å². The fraction of sp³-hybridized carbons (Fsp3) is 0.300. The van der Waals surface area contributed by atoms with Crippen LogP contribution in [0.25, 0.3) is 0 Å². The van der Waals surface area contributed by atoms with Crippen LogP contribution in [0.2, 0.25) is 0 Å². The molecular weight excluding hydrogens is 326 g/mol. The van der Waals surface area contributed by atoms with Crippen molar-refractivity contribution in [3.8, 4) is 5.75 Å². The molecule has 0 aliphatic carbocycles. The number of fused-ring (bicyclic) bond motifs is 1. The van der Waals surface area contributed by atoms with Crippen LogP contribution >= 0.6 is 0 Å². The summed E-state index contributed by atoms with van der Waals surface area (Å²) in [6.07, 6.45) is 3.62. The van der Waals surface area contributed by atoms with Crippen molar-refractivity contribution in [1.29, 1.82) is 0 Å². The molecule has 0 fully saturated rings. The highest BCUT2D eigenvalue weighted by Crippen LogP contribution is 2.16. The highest BCUT2D eigenvalue weighted by atomic mass is 16.5. The molecule has 1 aliphatic rings. The molecule has 2 aromatic heterocycles. The number of nitrogens with zero attached hydrogens (tertiary/aromatic N) is 3. The molecule has 2 N–H and O–H groups in total. The lowest BCUT2D eigenvalue weighted by Gasteiger charge is -2.25. The molecule has 0 unspecified atom stereocenters. The minimum atomic E-state index is 0.489. The molecule has 0 spiro atoms. The number of hydrogen-bond acceptors (Lipinski definition) is 5. The number of hydrogen-bond donors (Lipinski definition) is 2. The van der Waals surface area contributed by atoms with Crippen LogP contribution < -0.4 is 15.4 Å². The Morgan fingerprint density at radius 3 is 2.88 bits per heavy atom. The lowest BCUT2D eigenvalue weighted by molar-refractivity contribution is 0.301. The van der Waals surface area contributed by atoms with E-state index in [0.717, 1.165) is 43.4 Å². The zero-order valence-electron chi connectivity index (χ0n) is 14.6. The molecule has 3 heterocycles. The Labute approximate surface area is 153 Å². The van der Waals surface area contributed by atoms with Crippen molar-refractivity contribution in [3.63, 3.8) is 0 Å². The summed E-state index contributed by atoms with van der Waals surface area (Å²) in [5.41, 5.74) is 2.18. The first kappa shape index (κ1) is 16.6. The fourth-order valence-corrected chi connectivity index (χ4v) is 3.09. The standard InChI is InChI=1S/C20H23N5O/c1-2-9-22-18(3-1)15-26-19-6-4-16(5-7-19)11-21-12-17-13-23-20-8-10-24-25(20)14-17/h1-10,17,21,23H,11-15H2/t17-/m1/s1. The Kier molecular flexibility index (Phi) is 5.12. The van der Waals surface area contributed by atoms with Crippen molar-refractivity contribution in [1.82, 2.24) is 20.1 Å². The smallest absolute Gasteiger partial charge is 0.130 e. The molecular formula is C20H23N5O. The van der Waals surface area contributed by atoms with Gasteiger partial charge in [-0.25, -0.2) is 4.68 Å². The average Bonchev–Trinajstić information content (AvgIpc) is 3.16. The topological polar surface area (TPSA) is 64.0 Å². The van der Waals surface area contributed by atoms with E-state index < -0.39 is 0 Å². The summed E-state index contributed by atoms with van der Waals surface area (Å²) in [6.45, 7) is 4.25. The zero-order chi connectivity index (χ0) is 17.6. The van der Waals surface area contributed by atoms with Gasteiger partial charge in [0.05, 0.1) is 11.9 Å². The normalized spacial score (nSPS) is 15.9. The maximum atomic E-state index is 5.77. The van der Waals surface area contributed by atoms with E-state index >= 15 is 0 Å². The van der Waals surface area contributed by atoms with E-state index in [0.29, 0.717) is 12.5 Å². The number of nitrogens with one attached hydrogen (secondary N) is 2. The van der Waals surface area contributed by atoms with Gasteiger partial charge in [0.1, 0.15) is 18.2 Å². The molecule has 3 aromatic rings. The van der Waals surface area contributed by atoms with Gasteiger partial charge in [-0.1, -0.05) is 18.2 Å². The third-order valence-electron chi connectivity index (χ3n) is 4.52. The maximum Gasteiger partial charge on any atom is 0.130 e. The van der Waals surface area contributed by atoms with Gasteiger partial charge >= 0.3 is 0 Å². The third kappa shape index (κ3) is 4.21. The molecule has 4 rings (SSSR count). The van der Waals surface area contributed by atoms with Crippen molar-refractivity contribution in [2.45, 2.75) is 19.7 Å². The summed E-state index contributed by atoms with van der Waals surface area (Å²) in [7, 11) is 0. The summed E-state index contributed by atoms with van der Waals surface area (Å²) in [5.74, 6) is 2.52. The highest BCUT2D eigenvalue weighted by molar-refractivity contribution is 5.35. The first-order valence-electron chi connectivity index (χ1n) is 8.95. The van der Waals surface area contributed by atoms with Crippen LogP contribution in [0.4, 0.5) is 5.82 Å². The summed E-state index contributed by atoms with van der Waals surface area (Å²) in [6, 6.07) is 16.1. The van der Waals surface area contributed by atoms with E-state index in [2.05, 4.69) is 32.8 Å². The number of aromatic nitrogens is 3. The Hall–Kier alpha value is -2.86. The van der Waals surface area contributed by atoms with E-state index in [1.807, 2.05) is 47.3 Å². The Bertz CT molecular complexity index is 816. The van der Waals surface area contributed by atoms with Gasteiger partial charge in [0.25, 0.3) is 0 Å². The predicted octanol–water partition coefficient (Wildman–Crippen LogP) is 2.69. The van der Waals surface area contributed by atoms with Crippen LogP contribution in [-0.4, -0.2) is 27.9 Å². The second kappa shape index (κ2) is 8.01. The lowest BCUT2D eigenvalue weighted by Crippen LogP contribution is -2.35. The molecule has 26 heavy (non-hydrogen) atoms. The molecule has 0 bridgehead atoms. The van der Waals surface area contributed by atoms with E-state index in [-0.39, 0.29) is 0 Å². The number of anilines is 1. The van der Waals surface area contributed by atoms with E-state index in [1.54, 1.807) is 6.20 Å². The predicted molar refractivity (Wildman–Crippen MR) is 101 cm³/mol. The molecule has 0 radical (unpaired) electrons. The van der Waals surface area contributed by atoms with Gasteiger partial charge in [0.2, 0.25) is 0 Å². The quantitative estimate of drug-likeness (QED) is 0.687. The fourth-order valence-electron chi connectivity index (χ4n) is 3.09. The molecule has 6 nitrogen and oxygen atoms in total. The summed E-state index contributed by atoms with van der Waals surface area (Å²) < 4.78 is 7.80. The monoisotopic (exact) mass is 349 g/mol. The van der Waals surface area contributed by atoms with Gasteiger partial charge in [0.15, 0.2) is 0 Å². The molecule has 6 heteroatoms. The minimum Gasteiger partial charge on any atom is -0.487 e. The van der Waals surface area contributed by atoms with Crippen molar-refractivity contribution < 1.29 is 4.74 Å². The van der Waals surface area contributed by atoms with Crippen molar-refractivity contribution in [2.75, 3.05) is 18.4 Å². The second-order valence-electron chi connectivity index (χ2n) is 6.53. The minimum absolute atomic E-state index is 0.489. The summed E-state index contributed by atoms with van der Waals surface area (Å²) >= 11 is 0. The van der Waals surface area contributed by atoms with Gasteiger partial charge in [-0.2, -0.15) is 5.10 Å². The van der Waals surface area contributed by atoms with Crippen LogP contribution in [0.3, 0.4) is 0 Å². The SMILES string of the molecule is c1ccc(COc2ccc(CNC[C@@H]3CNc4ccnn4C3)cc2)nc1. The molecule has 1 aliphatic heterocycles. The van der Waals surface area contributed by atoms with E-state index in [4.69, 9.17) is 4.74 Å². The number of ether oxygens (including phenoxy) is 1. The Morgan fingerprint density at radius 2 is 2.04 bits per heavy atom.